The van der Waals surface area contributed by atoms with Crippen LogP contribution >= 0.6 is 0 Å². The largest absolute Gasteiger partial charge is 0.481 e. The van der Waals surface area contributed by atoms with Gasteiger partial charge in [-0.3, -0.25) is 9.59 Å². The summed E-state index contributed by atoms with van der Waals surface area (Å²) < 4.78 is 5.70. The zero-order chi connectivity index (χ0) is 16.1. The highest BCUT2D eigenvalue weighted by atomic mass is 16.5. The first-order valence-electron chi connectivity index (χ1n) is 7.01. The molecule has 116 valence electrons. The average molecular weight is 301 g/mol. The number of carbonyl (C=O) groups excluding carboxylic acids is 1. The second kappa shape index (κ2) is 6.89. The lowest BCUT2D eigenvalue weighted by Gasteiger charge is -2.16. The Kier molecular flexibility index (Phi) is 4.93. The zero-order valence-corrected chi connectivity index (χ0v) is 12.8. The maximum Gasteiger partial charge on any atom is 0.261 e. The number of carbonyl (C=O) groups is 1. The van der Waals surface area contributed by atoms with E-state index in [-0.39, 0.29) is 18.0 Å². The molecule has 2 aromatic rings. The van der Waals surface area contributed by atoms with Crippen LogP contribution < -0.4 is 15.6 Å². The number of hydrogen-bond acceptors (Lipinski definition) is 4. The van der Waals surface area contributed by atoms with Gasteiger partial charge in [0.25, 0.3) is 11.5 Å². The first kappa shape index (κ1) is 15.8. The Morgan fingerprint density at radius 3 is 2.86 bits per heavy atom. The lowest BCUT2D eigenvalue weighted by molar-refractivity contribution is -0.127. The molecule has 2 rings (SSSR count). The van der Waals surface area contributed by atoms with Crippen molar-refractivity contribution in [2.45, 2.75) is 33.4 Å². The molecule has 0 bridgehead atoms. The minimum absolute atomic E-state index is 0.184. The first-order valence-corrected chi connectivity index (χ1v) is 7.01. The fourth-order valence-corrected chi connectivity index (χ4v) is 1.91. The Hall–Kier alpha value is -2.63. The third-order valence-corrected chi connectivity index (χ3v) is 3.20. The van der Waals surface area contributed by atoms with Gasteiger partial charge in [-0.15, -0.1) is 0 Å². The number of H-pyrrole nitrogens is 1. The fourth-order valence-electron chi connectivity index (χ4n) is 1.91. The topological polar surface area (TPSA) is 84.1 Å². The molecule has 1 amide bonds. The van der Waals surface area contributed by atoms with Crippen molar-refractivity contribution in [3.63, 3.8) is 0 Å². The summed E-state index contributed by atoms with van der Waals surface area (Å²) in [7, 11) is 0. The van der Waals surface area contributed by atoms with Gasteiger partial charge in [0.15, 0.2) is 6.10 Å². The third-order valence-electron chi connectivity index (χ3n) is 3.20. The van der Waals surface area contributed by atoms with Crippen molar-refractivity contribution in [2.24, 2.45) is 0 Å². The SMILES string of the molecule is Cc1ccc(C)c(OC(C)C(=O)NCc2cc(=O)[nH]cn2)c1. The van der Waals surface area contributed by atoms with Gasteiger partial charge < -0.3 is 15.0 Å². The summed E-state index contributed by atoms with van der Waals surface area (Å²) in [6, 6.07) is 7.19. The molecule has 0 aliphatic rings. The van der Waals surface area contributed by atoms with E-state index in [1.807, 2.05) is 32.0 Å². The van der Waals surface area contributed by atoms with E-state index < -0.39 is 6.10 Å². The van der Waals surface area contributed by atoms with Crippen molar-refractivity contribution in [2.75, 3.05) is 0 Å². The van der Waals surface area contributed by atoms with Crippen LogP contribution in [0, 0.1) is 13.8 Å². The maximum atomic E-state index is 12.1. The van der Waals surface area contributed by atoms with Crippen LogP contribution in [0.2, 0.25) is 0 Å². The smallest absolute Gasteiger partial charge is 0.261 e. The summed E-state index contributed by atoms with van der Waals surface area (Å²) in [6.45, 7) is 5.76. The normalized spacial score (nSPS) is 11.8. The Bertz CT molecular complexity index is 725. The van der Waals surface area contributed by atoms with E-state index in [0.29, 0.717) is 11.4 Å². The molecule has 0 spiro atoms. The van der Waals surface area contributed by atoms with Crippen LogP contribution in [0.25, 0.3) is 0 Å². The van der Waals surface area contributed by atoms with Gasteiger partial charge in [-0.25, -0.2) is 4.98 Å². The summed E-state index contributed by atoms with van der Waals surface area (Å²) in [5, 5.41) is 2.70. The molecule has 1 atom stereocenters. The van der Waals surface area contributed by atoms with Crippen molar-refractivity contribution < 1.29 is 9.53 Å². The van der Waals surface area contributed by atoms with Crippen LogP contribution in [0.1, 0.15) is 23.7 Å². The van der Waals surface area contributed by atoms with Gasteiger partial charge in [-0.1, -0.05) is 12.1 Å². The molecule has 6 heteroatoms. The number of aromatic amines is 1. The molecule has 1 unspecified atom stereocenters. The van der Waals surface area contributed by atoms with Gasteiger partial charge >= 0.3 is 0 Å². The number of amides is 1. The summed E-state index contributed by atoms with van der Waals surface area (Å²) in [4.78, 5) is 29.6. The molecular weight excluding hydrogens is 282 g/mol. The van der Waals surface area contributed by atoms with Crippen LogP contribution in [0.3, 0.4) is 0 Å². The summed E-state index contributed by atoms with van der Waals surface area (Å²) in [6.07, 6.45) is 0.669. The fraction of sp³-hybridized carbons (Fsp3) is 0.312. The minimum Gasteiger partial charge on any atom is -0.481 e. The van der Waals surface area contributed by atoms with E-state index >= 15 is 0 Å². The molecule has 0 aliphatic carbocycles. The molecule has 1 aromatic carbocycles. The van der Waals surface area contributed by atoms with Crippen molar-refractivity contribution in [3.05, 3.63) is 57.8 Å². The van der Waals surface area contributed by atoms with Crippen LogP contribution in [-0.2, 0) is 11.3 Å². The van der Waals surface area contributed by atoms with Crippen molar-refractivity contribution in [1.29, 1.82) is 0 Å². The second-order valence-electron chi connectivity index (χ2n) is 5.15. The molecule has 2 N–H and O–H groups in total. The van der Waals surface area contributed by atoms with Gasteiger partial charge in [-0.05, 0) is 38.0 Å². The molecule has 1 heterocycles. The molecule has 0 saturated heterocycles. The van der Waals surface area contributed by atoms with E-state index in [1.54, 1.807) is 6.92 Å². The van der Waals surface area contributed by atoms with E-state index in [1.165, 1.54) is 12.4 Å². The number of nitrogens with zero attached hydrogens (tertiary/aromatic N) is 1. The van der Waals surface area contributed by atoms with Crippen molar-refractivity contribution >= 4 is 5.91 Å². The van der Waals surface area contributed by atoms with Gasteiger partial charge in [0.1, 0.15) is 5.75 Å². The van der Waals surface area contributed by atoms with E-state index in [0.717, 1.165) is 11.1 Å². The monoisotopic (exact) mass is 301 g/mol. The van der Waals surface area contributed by atoms with E-state index in [2.05, 4.69) is 15.3 Å². The molecule has 0 radical (unpaired) electrons. The second-order valence-corrected chi connectivity index (χ2v) is 5.15. The number of benzene rings is 1. The highest BCUT2D eigenvalue weighted by Gasteiger charge is 2.15. The van der Waals surface area contributed by atoms with Crippen LogP contribution in [0.15, 0.2) is 35.4 Å². The number of hydrogen-bond donors (Lipinski definition) is 2. The van der Waals surface area contributed by atoms with Crippen LogP contribution in [0.4, 0.5) is 0 Å². The van der Waals surface area contributed by atoms with Gasteiger partial charge in [-0.2, -0.15) is 0 Å². The van der Waals surface area contributed by atoms with Gasteiger partial charge in [0.2, 0.25) is 0 Å². The number of aryl methyl sites for hydroxylation is 2. The van der Waals surface area contributed by atoms with Crippen molar-refractivity contribution in [3.8, 4) is 5.75 Å². The number of rotatable bonds is 5. The number of ether oxygens (including phenoxy) is 1. The number of aromatic nitrogens is 2. The molecule has 0 aliphatic heterocycles. The Balaban J connectivity index is 1.94. The van der Waals surface area contributed by atoms with E-state index in [9.17, 15) is 9.59 Å². The van der Waals surface area contributed by atoms with Gasteiger partial charge in [0.05, 0.1) is 18.6 Å². The van der Waals surface area contributed by atoms with Crippen LogP contribution in [0.5, 0.6) is 5.75 Å². The lowest BCUT2D eigenvalue weighted by atomic mass is 10.1. The summed E-state index contributed by atoms with van der Waals surface area (Å²) in [5.74, 6) is 0.430. The average Bonchev–Trinajstić information content (AvgIpc) is 2.48. The summed E-state index contributed by atoms with van der Waals surface area (Å²) in [5.41, 5.74) is 2.29. The summed E-state index contributed by atoms with van der Waals surface area (Å²) >= 11 is 0. The molecule has 0 fully saturated rings. The third kappa shape index (κ3) is 4.18. The predicted molar refractivity (Wildman–Crippen MR) is 82.7 cm³/mol. The Morgan fingerprint density at radius 1 is 1.36 bits per heavy atom. The predicted octanol–water partition coefficient (Wildman–Crippen LogP) is 1.47. The van der Waals surface area contributed by atoms with Crippen molar-refractivity contribution in [1.82, 2.24) is 15.3 Å². The molecule has 6 nitrogen and oxygen atoms in total. The highest BCUT2D eigenvalue weighted by Crippen LogP contribution is 2.20. The molecule has 0 saturated carbocycles. The Labute approximate surface area is 128 Å². The molecule has 1 aromatic heterocycles. The standard InChI is InChI=1S/C16H19N3O3/c1-10-4-5-11(2)14(6-10)22-12(3)16(21)17-8-13-7-15(20)19-9-18-13/h4-7,9,12H,8H2,1-3H3,(H,17,21)(H,18,19,20). The first-order chi connectivity index (χ1) is 10.5. The highest BCUT2D eigenvalue weighted by molar-refractivity contribution is 5.80. The quantitative estimate of drug-likeness (QED) is 0.876. The number of nitrogens with one attached hydrogen (secondary N) is 2. The zero-order valence-electron chi connectivity index (χ0n) is 12.8. The Morgan fingerprint density at radius 2 is 2.14 bits per heavy atom. The minimum atomic E-state index is -0.637. The maximum absolute atomic E-state index is 12.1. The molecular formula is C16H19N3O3. The van der Waals surface area contributed by atoms with Gasteiger partial charge in [0, 0.05) is 6.07 Å². The van der Waals surface area contributed by atoms with E-state index in [4.69, 9.17) is 4.74 Å². The molecule has 22 heavy (non-hydrogen) atoms. The lowest BCUT2D eigenvalue weighted by Crippen LogP contribution is -2.36. The van der Waals surface area contributed by atoms with Crippen LogP contribution in [-0.4, -0.2) is 22.0 Å².